The van der Waals surface area contributed by atoms with Gasteiger partial charge in [-0.3, -0.25) is 4.79 Å². The molecule has 1 fully saturated rings. The first-order valence-corrected chi connectivity index (χ1v) is 6.05. The fourth-order valence-corrected chi connectivity index (χ4v) is 2.30. The zero-order valence-electron chi connectivity index (χ0n) is 10.5. The Labute approximate surface area is 102 Å². The smallest absolute Gasteiger partial charge is 0.156 e. The van der Waals surface area contributed by atoms with Crippen LogP contribution >= 0.6 is 0 Å². The van der Waals surface area contributed by atoms with E-state index in [1.54, 1.807) is 7.11 Å². The number of nitrogens with one attached hydrogen (secondary N) is 1. The number of carbonyl (C=O) groups excluding carboxylic acids is 1. The second kappa shape index (κ2) is 4.88. The van der Waals surface area contributed by atoms with Gasteiger partial charge in [0.25, 0.3) is 0 Å². The number of hydrogen-bond donors (Lipinski definition) is 1. The van der Waals surface area contributed by atoms with Crippen molar-refractivity contribution in [3.05, 3.63) is 29.8 Å². The molecule has 0 amide bonds. The molecule has 1 aromatic carbocycles. The molecule has 1 saturated heterocycles. The van der Waals surface area contributed by atoms with E-state index in [-0.39, 0.29) is 11.3 Å². The molecular formula is C14H19NO2. The predicted molar refractivity (Wildman–Crippen MR) is 67.3 cm³/mol. The van der Waals surface area contributed by atoms with Crippen LogP contribution in [0.15, 0.2) is 24.3 Å². The second-order valence-corrected chi connectivity index (χ2v) is 4.81. The first-order chi connectivity index (χ1) is 8.14. The molecule has 1 unspecified atom stereocenters. The molecule has 1 aliphatic heterocycles. The molecule has 3 nitrogen and oxygen atoms in total. The number of methoxy groups -OCH3 is 1. The van der Waals surface area contributed by atoms with E-state index in [9.17, 15) is 4.79 Å². The van der Waals surface area contributed by atoms with Gasteiger partial charge < -0.3 is 10.1 Å². The lowest BCUT2D eigenvalue weighted by atomic mass is 9.90. The van der Waals surface area contributed by atoms with Crippen molar-refractivity contribution in [3.63, 3.8) is 0 Å². The Kier molecular flexibility index (Phi) is 3.48. The van der Waals surface area contributed by atoms with Crippen molar-refractivity contribution in [1.29, 1.82) is 0 Å². The van der Waals surface area contributed by atoms with Gasteiger partial charge in [0, 0.05) is 6.42 Å². The van der Waals surface area contributed by atoms with E-state index in [2.05, 4.69) is 5.32 Å². The summed E-state index contributed by atoms with van der Waals surface area (Å²) in [5.41, 5.74) is 0.688. The zero-order valence-corrected chi connectivity index (χ0v) is 10.5. The molecule has 1 atom stereocenters. The maximum atomic E-state index is 12.2. The van der Waals surface area contributed by atoms with Gasteiger partial charge in [-0.1, -0.05) is 12.1 Å². The molecule has 92 valence electrons. The third kappa shape index (κ3) is 2.67. The number of ketones is 1. The van der Waals surface area contributed by atoms with Gasteiger partial charge in [-0.25, -0.2) is 0 Å². The summed E-state index contributed by atoms with van der Waals surface area (Å²) in [7, 11) is 1.64. The van der Waals surface area contributed by atoms with Crippen LogP contribution in [0.3, 0.4) is 0 Å². The molecule has 1 heterocycles. The van der Waals surface area contributed by atoms with Crippen LogP contribution in [0.5, 0.6) is 5.75 Å². The van der Waals surface area contributed by atoms with Crippen LogP contribution in [0, 0.1) is 0 Å². The molecule has 0 saturated carbocycles. The lowest BCUT2D eigenvalue weighted by Crippen LogP contribution is -2.45. The van der Waals surface area contributed by atoms with Crippen molar-refractivity contribution in [2.45, 2.75) is 31.7 Å². The van der Waals surface area contributed by atoms with E-state index in [0.717, 1.165) is 30.7 Å². The standard InChI is InChI=1S/C14H19NO2/c1-14(7-4-8-15-14)13(16)10-11-5-3-6-12(9-11)17-2/h3,5-6,9,15H,4,7-8,10H2,1-2H3. The lowest BCUT2D eigenvalue weighted by molar-refractivity contribution is -0.123. The second-order valence-electron chi connectivity index (χ2n) is 4.81. The van der Waals surface area contributed by atoms with Crippen LogP contribution in [0.1, 0.15) is 25.3 Å². The predicted octanol–water partition coefficient (Wildman–Crippen LogP) is 1.95. The lowest BCUT2D eigenvalue weighted by Gasteiger charge is -2.22. The van der Waals surface area contributed by atoms with Crippen LogP contribution in [-0.2, 0) is 11.2 Å². The van der Waals surface area contributed by atoms with Crippen molar-refractivity contribution < 1.29 is 9.53 Å². The topological polar surface area (TPSA) is 38.3 Å². The van der Waals surface area contributed by atoms with Crippen LogP contribution in [0.25, 0.3) is 0 Å². The fourth-order valence-electron chi connectivity index (χ4n) is 2.30. The number of benzene rings is 1. The van der Waals surface area contributed by atoms with Gasteiger partial charge in [0.05, 0.1) is 12.6 Å². The number of Topliss-reactive ketones (excluding diaryl/α,β-unsaturated/α-hetero) is 1. The minimum atomic E-state index is -0.330. The van der Waals surface area contributed by atoms with Crippen LogP contribution in [0.2, 0.25) is 0 Å². The highest BCUT2D eigenvalue weighted by Crippen LogP contribution is 2.22. The van der Waals surface area contributed by atoms with Crippen molar-refractivity contribution in [2.75, 3.05) is 13.7 Å². The monoisotopic (exact) mass is 233 g/mol. The summed E-state index contributed by atoms with van der Waals surface area (Å²) in [6.07, 6.45) is 2.50. The third-order valence-electron chi connectivity index (χ3n) is 3.48. The summed E-state index contributed by atoms with van der Waals surface area (Å²) in [5, 5.41) is 3.30. The molecule has 0 radical (unpaired) electrons. The average Bonchev–Trinajstić information content (AvgIpc) is 2.78. The summed E-state index contributed by atoms with van der Waals surface area (Å²) in [6, 6.07) is 7.71. The van der Waals surface area contributed by atoms with Crippen molar-refractivity contribution in [3.8, 4) is 5.75 Å². The van der Waals surface area contributed by atoms with Crippen LogP contribution < -0.4 is 10.1 Å². The van der Waals surface area contributed by atoms with E-state index in [1.165, 1.54) is 0 Å². The summed E-state index contributed by atoms with van der Waals surface area (Å²) >= 11 is 0. The van der Waals surface area contributed by atoms with Crippen LogP contribution in [-0.4, -0.2) is 25.0 Å². The largest absolute Gasteiger partial charge is 0.497 e. The molecule has 0 aromatic heterocycles. The maximum absolute atomic E-state index is 12.2. The highest BCUT2D eigenvalue weighted by atomic mass is 16.5. The Balaban J connectivity index is 2.07. The van der Waals surface area contributed by atoms with Gasteiger partial charge in [-0.05, 0) is 44.0 Å². The fraction of sp³-hybridized carbons (Fsp3) is 0.500. The summed E-state index contributed by atoms with van der Waals surface area (Å²) in [5.74, 6) is 1.07. The van der Waals surface area contributed by atoms with E-state index in [4.69, 9.17) is 4.74 Å². The van der Waals surface area contributed by atoms with Crippen molar-refractivity contribution in [2.24, 2.45) is 0 Å². The van der Waals surface area contributed by atoms with Crippen molar-refractivity contribution in [1.82, 2.24) is 5.32 Å². The van der Waals surface area contributed by atoms with Gasteiger partial charge in [0.1, 0.15) is 5.75 Å². The van der Waals surface area contributed by atoms with Gasteiger partial charge in [-0.15, -0.1) is 0 Å². The van der Waals surface area contributed by atoms with Gasteiger partial charge in [0.2, 0.25) is 0 Å². The molecule has 1 N–H and O–H groups in total. The first-order valence-electron chi connectivity index (χ1n) is 6.05. The highest BCUT2D eigenvalue weighted by Gasteiger charge is 2.35. The SMILES string of the molecule is COc1cccc(CC(=O)C2(C)CCCN2)c1. The molecule has 0 spiro atoms. The maximum Gasteiger partial charge on any atom is 0.156 e. The molecular weight excluding hydrogens is 214 g/mol. The Hall–Kier alpha value is -1.35. The van der Waals surface area contributed by atoms with Gasteiger partial charge >= 0.3 is 0 Å². The zero-order chi connectivity index (χ0) is 12.3. The van der Waals surface area contributed by atoms with E-state index >= 15 is 0 Å². The summed E-state index contributed by atoms with van der Waals surface area (Å²) < 4.78 is 5.16. The minimum absolute atomic E-state index is 0.267. The Bertz CT molecular complexity index is 408. The highest BCUT2D eigenvalue weighted by molar-refractivity contribution is 5.90. The Morgan fingerprint density at radius 1 is 1.53 bits per heavy atom. The van der Waals surface area contributed by atoms with E-state index < -0.39 is 0 Å². The molecule has 3 heteroatoms. The summed E-state index contributed by atoms with van der Waals surface area (Å²) in [6.45, 7) is 2.95. The minimum Gasteiger partial charge on any atom is -0.497 e. The first kappa shape index (κ1) is 12.1. The number of rotatable bonds is 4. The summed E-state index contributed by atoms with van der Waals surface area (Å²) in [4.78, 5) is 12.2. The normalized spacial score (nSPS) is 23.6. The van der Waals surface area contributed by atoms with Crippen LogP contribution in [0.4, 0.5) is 0 Å². The molecule has 17 heavy (non-hydrogen) atoms. The van der Waals surface area contributed by atoms with Crippen molar-refractivity contribution >= 4 is 5.78 Å². The number of carbonyl (C=O) groups is 1. The molecule has 2 rings (SSSR count). The number of ether oxygens (including phenoxy) is 1. The number of hydrogen-bond acceptors (Lipinski definition) is 3. The third-order valence-corrected chi connectivity index (χ3v) is 3.48. The quantitative estimate of drug-likeness (QED) is 0.863. The molecule has 1 aromatic rings. The van der Waals surface area contributed by atoms with E-state index in [1.807, 2.05) is 31.2 Å². The molecule has 0 bridgehead atoms. The van der Waals surface area contributed by atoms with Gasteiger partial charge in [-0.2, -0.15) is 0 Å². The average molecular weight is 233 g/mol. The molecule has 0 aliphatic carbocycles. The Morgan fingerprint density at radius 2 is 2.35 bits per heavy atom. The van der Waals surface area contributed by atoms with Gasteiger partial charge in [0.15, 0.2) is 5.78 Å². The molecule has 1 aliphatic rings. The van der Waals surface area contributed by atoms with E-state index in [0.29, 0.717) is 6.42 Å². The Morgan fingerprint density at radius 3 is 3.00 bits per heavy atom.